The van der Waals surface area contributed by atoms with E-state index in [2.05, 4.69) is 21.9 Å². The van der Waals surface area contributed by atoms with Gasteiger partial charge in [0.05, 0.1) is 17.9 Å². The average Bonchev–Trinajstić information content (AvgIpc) is 3.03. The Morgan fingerprint density at radius 1 is 1.28 bits per heavy atom. The number of aryl methyl sites for hydroxylation is 1. The van der Waals surface area contributed by atoms with Gasteiger partial charge in [-0.2, -0.15) is 0 Å². The van der Waals surface area contributed by atoms with Gasteiger partial charge in [-0.1, -0.05) is 36.9 Å². The minimum atomic E-state index is -0.186. The molecule has 7 heteroatoms. The number of aromatic nitrogens is 2. The molecule has 0 radical (unpaired) electrons. The Kier molecular flexibility index (Phi) is 8.12. The Balaban J connectivity index is 0.000000537. The van der Waals surface area contributed by atoms with Crippen molar-refractivity contribution in [2.45, 2.75) is 13.5 Å². The van der Waals surface area contributed by atoms with Gasteiger partial charge < -0.3 is 20.6 Å². The fourth-order valence-electron chi connectivity index (χ4n) is 2.53. The SMILES string of the molecule is C=CC=NC.Cc1c[nH]c(=S)n1Cc1ccc(C(=O)Nc2ccccc2N)cc1. The largest absolute Gasteiger partial charge is 0.397 e. The number of rotatable bonds is 5. The molecule has 0 bridgehead atoms. The van der Waals surface area contributed by atoms with Gasteiger partial charge in [0.15, 0.2) is 4.77 Å². The number of H-pyrrole nitrogens is 1. The number of nitrogens with two attached hydrogens (primary N) is 1. The van der Waals surface area contributed by atoms with Crippen LogP contribution in [0.2, 0.25) is 0 Å². The maximum absolute atomic E-state index is 12.3. The van der Waals surface area contributed by atoms with Crippen LogP contribution in [0.4, 0.5) is 11.4 Å². The van der Waals surface area contributed by atoms with Gasteiger partial charge in [0.2, 0.25) is 0 Å². The van der Waals surface area contributed by atoms with E-state index >= 15 is 0 Å². The fourth-order valence-corrected chi connectivity index (χ4v) is 2.80. The monoisotopic (exact) mass is 407 g/mol. The van der Waals surface area contributed by atoms with Crippen molar-refractivity contribution in [3.8, 4) is 0 Å². The van der Waals surface area contributed by atoms with Crippen LogP contribution in [0, 0.1) is 11.7 Å². The topological polar surface area (TPSA) is 88.2 Å². The highest BCUT2D eigenvalue weighted by Crippen LogP contribution is 2.18. The predicted molar refractivity (Wildman–Crippen MR) is 123 cm³/mol. The van der Waals surface area contributed by atoms with E-state index in [0.717, 1.165) is 11.3 Å². The molecule has 0 saturated heterocycles. The van der Waals surface area contributed by atoms with Crippen LogP contribution in [0.1, 0.15) is 21.6 Å². The molecular formula is C22H25N5OS. The minimum absolute atomic E-state index is 0.186. The summed E-state index contributed by atoms with van der Waals surface area (Å²) in [6.45, 7) is 6.07. The van der Waals surface area contributed by atoms with Gasteiger partial charge in [-0.25, -0.2) is 0 Å². The van der Waals surface area contributed by atoms with E-state index < -0.39 is 0 Å². The summed E-state index contributed by atoms with van der Waals surface area (Å²) in [5, 5.41) is 2.82. The number of anilines is 2. The third kappa shape index (κ3) is 6.29. The van der Waals surface area contributed by atoms with E-state index in [4.69, 9.17) is 18.0 Å². The number of hydrogen-bond acceptors (Lipinski definition) is 4. The molecule has 3 aromatic rings. The standard InChI is InChI=1S/C18H18N4OS.C4H7N/c1-12-10-20-18(24)22(12)11-13-6-8-14(9-7-13)17(23)21-16-5-3-2-4-15(16)19;1-3-4-5-2/h2-10H,11,19H2,1H3,(H,20,24)(H,21,23);3-4H,1H2,2H3. The van der Waals surface area contributed by atoms with Gasteiger partial charge in [-0.05, 0) is 49.0 Å². The summed E-state index contributed by atoms with van der Waals surface area (Å²) in [6.07, 6.45) is 5.16. The summed E-state index contributed by atoms with van der Waals surface area (Å²) < 4.78 is 2.70. The first-order chi connectivity index (χ1) is 14.0. The lowest BCUT2D eigenvalue weighted by Gasteiger charge is -2.09. The Morgan fingerprint density at radius 2 is 1.97 bits per heavy atom. The number of imidazole rings is 1. The summed E-state index contributed by atoms with van der Waals surface area (Å²) in [4.78, 5) is 18.9. The van der Waals surface area contributed by atoms with Crippen molar-refractivity contribution < 1.29 is 4.79 Å². The van der Waals surface area contributed by atoms with Crippen molar-refractivity contribution in [3.05, 3.63) is 89.0 Å². The number of aromatic amines is 1. The number of nitrogens with zero attached hydrogens (tertiary/aromatic N) is 2. The molecule has 0 spiro atoms. The molecule has 2 aromatic carbocycles. The van der Waals surface area contributed by atoms with Crippen LogP contribution in [0.3, 0.4) is 0 Å². The van der Waals surface area contributed by atoms with Crippen molar-refractivity contribution in [1.82, 2.24) is 9.55 Å². The number of para-hydroxylation sites is 2. The second-order valence-corrected chi connectivity index (χ2v) is 6.59. The maximum atomic E-state index is 12.3. The number of carbonyl (C=O) groups is 1. The highest BCUT2D eigenvalue weighted by atomic mass is 32.1. The number of benzene rings is 2. The Labute approximate surface area is 175 Å². The zero-order valence-corrected chi connectivity index (χ0v) is 17.4. The van der Waals surface area contributed by atoms with E-state index in [9.17, 15) is 4.79 Å². The first-order valence-corrected chi connectivity index (χ1v) is 9.40. The quantitative estimate of drug-likeness (QED) is 0.328. The second kappa shape index (κ2) is 10.8. The summed E-state index contributed by atoms with van der Waals surface area (Å²) in [7, 11) is 1.71. The lowest BCUT2D eigenvalue weighted by atomic mass is 10.1. The molecule has 150 valence electrons. The normalized spacial score (nSPS) is 10.3. The Hall–Kier alpha value is -3.45. The van der Waals surface area contributed by atoms with E-state index in [1.807, 2.05) is 42.0 Å². The summed E-state index contributed by atoms with van der Waals surface area (Å²) in [6, 6.07) is 14.6. The molecular weight excluding hydrogens is 382 g/mol. The number of hydrogen-bond donors (Lipinski definition) is 3. The van der Waals surface area contributed by atoms with Crippen molar-refractivity contribution >= 4 is 35.7 Å². The molecule has 3 rings (SSSR count). The van der Waals surface area contributed by atoms with Gasteiger partial charge >= 0.3 is 0 Å². The molecule has 1 heterocycles. The lowest BCUT2D eigenvalue weighted by molar-refractivity contribution is 0.102. The highest BCUT2D eigenvalue weighted by Gasteiger charge is 2.08. The van der Waals surface area contributed by atoms with Gasteiger partial charge in [0, 0.05) is 30.7 Å². The second-order valence-electron chi connectivity index (χ2n) is 6.20. The molecule has 0 aliphatic heterocycles. The number of nitrogen functional groups attached to an aromatic ring is 1. The third-order valence-corrected chi connectivity index (χ3v) is 4.43. The van der Waals surface area contributed by atoms with Crippen LogP contribution in [0.5, 0.6) is 0 Å². The zero-order chi connectivity index (χ0) is 21.2. The number of carbonyl (C=O) groups excluding carboxylic acids is 1. The number of aliphatic imine (C=N–C) groups is 1. The molecule has 29 heavy (non-hydrogen) atoms. The summed E-state index contributed by atoms with van der Waals surface area (Å²) in [5.74, 6) is -0.186. The average molecular weight is 408 g/mol. The van der Waals surface area contributed by atoms with Gasteiger partial charge in [0.1, 0.15) is 0 Å². The van der Waals surface area contributed by atoms with Gasteiger partial charge in [0.25, 0.3) is 5.91 Å². The van der Waals surface area contributed by atoms with Crippen LogP contribution < -0.4 is 11.1 Å². The summed E-state index contributed by atoms with van der Waals surface area (Å²) >= 11 is 5.26. The number of amides is 1. The predicted octanol–water partition coefficient (Wildman–Crippen LogP) is 4.61. The Morgan fingerprint density at radius 3 is 2.48 bits per heavy atom. The zero-order valence-electron chi connectivity index (χ0n) is 16.6. The smallest absolute Gasteiger partial charge is 0.255 e. The molecule has 6 nitrogen and oxygen atoms in total. The minimum Gasteiger partial charge on any atom is -0.397 e. The van der Waals surface area contributed by atoms with Gasteiger partial charge in [-0.15, -0.1) is 0 Å². The van der Waals surface area contributed by atoms with Crippen molar-refractivity contribution in [2.75, 3.05) is 18.1 Å². The van der Waals surface area contributed by atoms with Gasteiger partial charge in [-0.3, -0.25) is 9.79 Å². The van der Waals surface area contributed by atoms with Crippen molar-refractivity contribution in [2.24, 2.45) is 4.99 Å². The molecule has 0 aliphatic carbocycles. The third-order valence-electron chi connectivity index (χ3n) is 4.10. The van der Waals surface area contributed by atoms with E-state index in [1.165, 1.54) is 0 Å². The fraction of sp³-hybridized carbons (Fsp3) is 0.136. The van der Waals surface area contributed by atoms with E-state index in [1.54, 1.807) is 43.6 Å². The Bertz CT molecular complexity index is 1050. The van der Waals surface area contributed by atoms with Crippen LogP contribution in [-0.4, -0.2) is 28.7 Å². The first-order valence-electron chi connectivity index (χ1n) is 8.99. The van der Waals surface area contributed by atoms with Crippen LogP contribution in [0.15, 0.2) is 72.4 Å². The highest BCUT2D eigenvalue weighted by molar-refractivity contribution is 7.71. The molecule has 0 aliphatic rings. The number of nitrogens with one attached hydrogen (secondary N) is 2. The first kappa shape index (κ1) is 21.8. The van der Waals surface area contributed by atoms with E-state index in [-0.39, 0.29) is 5.91 Å². The summed E-state index contributed by atoms with van der Waals surface area (Å²) in [5.41, 5.74) is 9.72. The maximum Gasteiger partial charge on any atom is 0.255 e. The molecule has 0 saturated carbocycles. The molecule has 0 unspecified atom stereocenters. The van der Waals surface area contributed by atoms with Crippen LogP contribution in [-0.2, 0) is 6.54 Å². The van der Waals surface area contributed by atoms with Crippen LogP contribution >= 0.6 is 12.2 Å². The lowest BCUT2D eigenvalue weighted by Crippen LogP contribution is -2.13. The molecule has 0 atom stereocenters. The van der Waals surface area contributed by atoms with Crippen molar-refractivity contribution in [3.63, 3.8) is 0 Å². The number of allylic oxidation sites excluding steroid dienone is 1. The molecule has 4 N–H and O–H groups in total. The van der Waals surface area contributed by atoms with E-state index in [0.29, 0.717) is 28.3 Å². The molecule has 1 amide bonds. The molecule has 1 aromatic heterocycles. The van der Waals surface area contributed by atoms with Crippen LogP contribution in [0.25, 0.3) is 0 Å². The molecule has 0 fully saturated rings. The van der Waals surface area contributed by atoms with Crippen molar-refractivity contribution in [1.29, 1.82) is 0 Å².